The predicted octanol–water partition coefficient (Wildman–Crippen LogP) is 2.67. The third kappa shape index (κ3) is 3.91. The summed E-state index contributed by atoms with van der Waals surface area (Å²) < 4.78 is 49.3. The highest BCUT2D eigenvalue weighted by Gasteiger charge is 2.31. The first-order valence-electron chi connectivity index (χ1n) is 6.88. The first-order chi connectivity index (χ1) is 9.89. The molecule has 0 heterocycles. The van der Waals surface area contributed by atoms with Crippen molar-refractivity contribution in [3.05, 3.63) is 24.3 Å². The first kappa shape index (κ1) is 17.8. The van der Waals surface area contributed by atoms with Gasteiger partial charge in [0.1, 0.15) is 0 Å². The number of sulfone groups is 1. The molecular weight excluding hydrogens is 300 g/mol. The molecular formula is C14H21F2NO3S. The van der Waals surface area contributed by atoms with Crippen LogP contribution < -0.4 is 4.90 Å². The number of aliphatic hydroxyl groups excluding tert-OH is 1. The lowest BCUT2D eigenvalue weighted by Gasteiger charge is -2.33. The number of hydrogen-bond donors (Lipinski definition) is 1. The third-order valence-electron chi connectivity index (χ3n) is 3.44. The third-order valence-corrected chi connectivity index (χ3v) is 4.87. The van der Waals surface area contributed by atoms with E-state index in [4.69, 9.17) is 0 Å². The van der Waals surface area contributed by atoms with Crippen molar-refractivity contribution in [2.75, 3.05) is 18.1 Å². The zero-order valence-corrected chi connectivity index (χ0v) is 13.0. The van der Waals surface area contributed by atoms with E-state index in [0.717, 1.165) is 12.8 Å². The van der Waals surface area contributed by atoms with E-state index in [2.05, 4.69) is 0 Å². The van der Waals surface area contributed by atoms with Gasteiger partial charge in [-0.1, -0.05) is 26.0 Å². The number of halogens is 2. The summed E-state index contributed by atoms with van der Waals surface area (Å²) in [5.74, 6) is -3.46. The van der Waals surface area contributed by atoms with Gasteiger partial charge in [-0.3, -0.25) is 0 Å². The molecule has 21 heavy (non-hydrogen) atoms. The second-order valence-electron chi connectivity index (χ2n) is 4.66. The second kappa shape index (κ2) is 7.70. The number of aliphatic hydroxyl groups is 1. The van der Waals surface area contributed by atoms with Crippen LogP contribution in [0.15, 0.2) is 29.2 Å². The van der Waals surface area contributed by atoms with Crippen molar-refractivity contribution in [3.63, 3.8) is 0 Å². The van der Waals surface area contributed by atoms with Crippen LogP contribution in [0, 0.1) is 0 Å². The Morgan fingerprint density at radius 1 is 1.19 bits per heavy atom. The summed E-state index contributed by atoms with van der Waals surface area (Å²) in [6, 6.07) is 5.69. The smallest absolute Gasteiger partial charge is 0.341 e. The summed E-state index contributed by atoms with van der Waals surface area (Å²) in [5.41, 5.74) is 0.223. The van der Waals surface area contributed by atoms with Gasteiger partial charge in [0.05, 0.1) is 17.2 Å². The maximum absolute atomic E-state index is 12.8. The minimum atomic E-state index is -4.68. The Balaban J connectivity index is 3.40. The summed E-state index contributed by atoms with van der Waals surface area (Å²) in [4.78, 5) is 1.30. The van der Waals surface area contributed by atoms with Gasteiger partial charge < -0.3 is 10.0 Å². The van der Waals surface area contributed by atoms with Crippen LogP contribution >= 0.6 is 0 Å². The lowest BCUT2D eigenvalue weighted by atomic mass is 10.1. The fraction of sp³-hybridized carbons (Fsp3) is 0.571. The van der Waals surface area contributed by atoms with Gasteiger partial charge in [0.2, 0.25) is 9.84 Å². The second-order valence-corrected chi connectivity index (χ2v) is 6.55. The number of anilines is 1. The Kier molecular flexibility index (Phi) is 6.54. The van der Waals surface area contributed by atoms with Crippen molar-refractivity contribution in [2.45, 2.75) is 43.4 Å². The topological polar surface area (TPSA) is 57.6 Å². The number of alkyl halides is 2. The Bertz CT molecular complexity index is 545. The number of rotatable bonds is 8. The van der Waals surface area contributed by atoms with Gasteiger partial charge >= 0.3 is 5.76 Å². The van der Waals surface area contributed by atoms with Crippen LogP contribution in [0.4, 0.5) is 14.5 Å². The SMILES string of the molecule is CCC(CC)N(CCO)c1ccccc1S(=O)(=O)C(F)F. The van der Waals surface area contributed by atoms with Crippen molar-refractivity contribution in [1.29, 1.82) is 0 Å². The molecule has 0 amide bonds. The van der Waals surface area contributed by atoms with E-state index < -0.39 is 15.6 Å². The van der Waals surface area contributed by atoms with Gasteiger partial charge in [-0.2, -0.15) is 8.78 Å². The average Bonchev–Trinajstić information content (AvgIpc) is 2.47. The van der Waals surface area contributed by atoms with E-state index in [1.807, 2.05) is 13.8 Å². The van der Waals surface area contributed by atoms with Gasteiger partial charge in [-0.05, 0) is 25.0 Å². The number of hydrogen-bond acceptors (Lipinski definition) is 4. The van der Waals surface area contributed by atoms with Crippen LogP contribution in [0.3, 0.4) is 0 Å². The molecule has 7 heteroatoms. The highest BCUT2D eigenvalue weighted by atomic mass is 32.2. The van der Waals surface area contributed by atoms with Crippen LogP contribution in [0.2, 0.25) is 0 Å². The van der Waals surface area contributed by atoms with Crippen LogP contribution in [0.25, 0.3) is 0 Å². The molecule has 0 aliphatic carbocycles. The largest absolute Gasteiger partial charge is 0.395 e. The van der Waals surface area contributed by atoms with Crippen molar-refractivity contribution >= 4 is 15.5 Å². The number of nitrogens with zero attached hydrogens (tertiary/aromatic N) is 1. The van der Waals surface area contributed by atoms with Crippen molar-refractivity contribution in [3.8, 4) is 0 Å². The Labute approximate surface area is 124 Å². The van der Waals surface area contributed by atoms with E-state index in [9.17, 15) is 22.3 Å². The normalized spacial score (nSPS) is 12.1. The maximum Gasteiger partial charge on any atom is 0.341 e. The van der Waals surface area contributed by atoms with E-state index in [-0.39, 0.29) is 29.8 Å². The van der Waals surface area contributed by atoms with Crippen LogP contribution in [-0.4, -0.2) is 38.5 Å². The molecule has 1 N–H and O–H groups in total. The molecule has 0 saturated heterocycles. The molecule has 0 spiro atoms. The van der Waals surface area contributed by atoms with Crippen molar-refractivity contribution in [1.82, 2.24) is 0 Å². The molecule has 0 radical (unpaired) electrons. The standard InChI is InChI=1S/C14H21F2NO3S/c1-3-11(4-2)17(9-10-18)12-7-5-6-8-13(12)21(19,20)14(15)16/h5-8,11,14,18H,3-4,9-10H2,1-2H3. The minimum Gasteiger partial charge on any atom is -0.395 e. The number of para-hydroxylation sites is 1. The van der Waals surface area contributed by atoms with Gasteiger partial charge in [0.25, 0.3) is 0 Å². The highest BCUT2D eigenvalue weighted by Crippen LogP contribution is 2.31. The van der Waals surface area contributed by atoms with Gasteiger partial charge in [-0.15, -0.1) is 0 Å². The van der Waals surface area contributed by atoms with Crippen LogP contribution in [0.1, 0.15) is 26.7 Å². The number of benzene rings is 1. The molecule has 1 aromatic carbocycles. The summed E-state index contributed by atoms with van der Waals surface area (Å²) in [5, 5.41) is 9.20. The maximum atomic E-state index is 12.8. The Morgan fingerprint density at radius 3 is 2.24 bits per heavy atom. The van der Waals surface area contributed by atoms with E-state index in [1.54, 1.807) is 11.0 Å². The molecule has 0 aromatic heterocycles. The molecule has 0 atom stereocenters. The summed E-state index contributed by atoms with van der Waals surface area (Å²) in [6.07, 6.45) is 1.44. The lowest BCUT2D eigenvalue weighted by Crippen LogP contribution is -2.38. The fourth-order valence-electron chi connectivity index (χ4n) is 2.37. The predicted molar refractivity (Wildman–Crippen MR) is 78.4 cm³/mol. The van der Waals surface area contributed by atoms with Gasteiger partial charge in [-0.25, -0.2) is 8.42 Å². The van der Waals surface area contributed by atoms with E-state index in [0.29, 0.717) is 0 Å². The highest BCUT2D eigenvalue weighted by molar-refractivity contribution is 7.91. The minimum absolute atomic E-state index is 0.0221. The van der Waals surface area contributed by atoms with Gasteiger partial charge in [0.15, 0.2) is 0 Å². The lowest BCUT2D eigenvalue weighted by molar-refractivity contribution is 0.234. The first-order valence-corrected chi connectivity index (χ1v) is 8.43. The van der Waals surface area contributed by atoms with Gasteiger partial charge in [0, 0.05) is 12.6 Å². The summed E-state index contributed by atoms with van der Waals surface area (Å²) >= 11 is 0. The molecule has 4 nitrogen and oxygen atoms in total. The van der Waals surface area contributed by atoms with Crippen LogP contribution in [-0.2, 0) is 9.84 Å². The van der Waals surface area contributed by atoms with E-state index in [1.165, 1.54) is 18.2 Å². The molecule has 0 fully saturated rings. The van der Waals surface area contributed by atoms with E-state index >= 15 is 0 Å². The van der Waals surface area contributed by atoms with Crippen LogP contribution in [0.5, 0.6) is 0 Å². The zero-order chi connectivity index (χ0) is 16.0. The fourth-order valence-corrected chi connectivity index (χ4v) is 3.30. The molecule has 0 aliphatic rings. The molecule has 1 rings (SSSR count). The van der Waals surface area contributed by atoms with Crippen molar-refractivity contribution in [2.24, 2.45) is 0 Å². The molecule has 120 valence electrons. The quantitative estimate of drug-likeness (QED) is 0.800. The molecule has 1 aromatic rings. The Hall–Kier alpha value is -1.21. The molecule has 0 unspecified atom stereocenters. The monoisotopic (exact) mass is 321 g/mol. The average molecular weight is 321 g/mol. The molecule has 0 bridgehead atoms. The molecule has 0 aliphatic heterocycles. The molecule has 0 saturated carbocycles. The Morgan fingerprint density at radius 2 is 1.76 bits per heavy atom. The van der Waals surface area contributed by atoms with Crippen molar-refractivity contribution < 1.29 is 22.3 Å². The summed E-state index contributed by atoms with van der Waals surface area (Å²) in [7, 11) is -4.68. The zero-order valence-electron chi connectivity index (χ0n) is 12.2. The summed E-state index contributed by atoms with van der Waals surface area (Å²) in [6.45, 7) is 3.88.